The molecular formula is C13H22N4O. The van der Waals surface area contributed by atoms with E-state index in [0.29, 0.717) is 11.8 Å². The quantitative estimate of drug-likeness (QED) is 0.891. The van der Waals surface area contributed by atoms with Crippen LogP contribution in [0.1, 0.15) is 63.5 Å². The Kier molecular flexibility index (Phi) is 3.80. The van der Waals surface area contributed by atoms with Gasteiger partial charge in [-0.15, -0.1) is 0 Å². The van der Waals surface area contributed by atoms with Crippen LogP contribution in [0.15, 0.2) is 0 Å². The topological polar surface area (TPSA) is 73.9 Å². The van der Waals surface area contributed by atoms with Crippen LogP contribution in [0.2, 0.25) is 0 Å². The molecule has 0 aliphatic heterocycles. The van der Waals surface area contributed by atoms with Crippen molar-refractivity contribution in [1.82, 2.24) is 15.0 Å². The summed E-state index contributed by atoms with van der Waals surface area (Å²) in [5.41, 5.74) is 5.44. The maximum atomic E-state index is 5.80. The third kappa shape index (κ3) is 2.46. The lowest BCUT2D eigenvalue weighted by Gasteiger charge is -2.34. The van der Waals surface area contributed by atoms with E-state index in [9.17, 15) is 0 Å². The highest BCUT2D eigenvalue weighted by Gasteiger charge is 2.37. The summed E-state index contributed by atoms with van der Waals surface area (Å²) in [5.74, 6) is 2.00. The summed E-state index contributed by atoms with van der Waals surface area (Å²) >= 11 is 0. The molecule has 1 aliphatic rings. The Morgan fingerprint density at radius 3 is 2.33 bits per heavy atom. The molecule has 0 unspecified atom stereocenters. The maximum Gasteiger partial charge on any atom is 0.223 e. The van der Waals surface area contributed by atoms with Gasteiger partial charge < -0.3 is 10.5 Å². The van der Waals surface area contributed by atoms with Crippen molar-refractivity contribution in [3.63, 3.8) is 0 Å². The molecule has 1 aromatic heterocycles. The van der Waals surface area contributed by atoms with Gasteiger partial charge in [0.25, 0.3) is 0 Å². The van der Waals surface area contributed by atoms with Crippen LogP contribution in [0, 0.1) is 0 Å². The highest BCUT2D eigenvalue weighted by Crippen LogP contribution is 2.38. The number of nitrogens with two attached hydrogens (primary N) is 1. The minimum absolute atomic E-state index is 0.242. The number of anilines is 1. The van der Waals surface area contributed by atoms with Gasteiger partial charge in [-0.25, -0.2) is 4.98 Å². The van der Waals surface area contributed by atoms with E-state index in [4.69, 9.17) is 10.5 Å². The zero-order valence-corrected chi connectivity index (χ0v) is 11.4. The van der Waals surface area contributed by atoms with Crippen molar-refractivity contribution in [3.8, 4) is 0 Å². The van der Waals surface area contributed by atoms with E-state index in [1.165, 1.54) is 6.42 Å². The van der Waals surface area contributed by atoms with Crippen molar-refractivity contribution >= 4 is 5.95 Å². The molecule has 1 aromatic rings. The van der Waals surface area contributed by atoms with Gasteiger partial charge in [0.1, 0.15) is 11.4 Å². The molecule has 0 saturated heterocycles. The summed E-state index contributed by atoms with van der Waals surface area (Å²) in [7, 11) is 1.74. The molecule has 2 N–H and O–H groups in total. The Morgan fingerprint density at radius 1 is 1.11 bits per heavy atom. The highest BCUT2D eigenvalue weighted by atomic mass is 16.5. The Hall–Kier alpha value is -1.23. The molecule has 1 fully saturated rings. The SMILES string of the molecule is COC1(c2nc(N)nc(C(C)C)n2)CCCCC1. The molecule has 5 heteroatoms. The van der Waals surface area contributed by atoms with Gasteiger partial charge in [0.2, 0.25) is 5.95 Å². The molecule has 0 spiro atoms. The fourth-order valence-corrected chi connectivity index (χ4v) is 2.51. The minimum Gasteiger partial charge on any atom is -0.370 e. The molecule has 0 aromatic carbocycles. The Bertz CT molecular complexity index is 413. The number of ether oxygens (including phenoxy) is 1. The normalized spacial score (nSPS) is 19.1. The van der Waals surface area contributed by atoms with Crippen molar-refractivity contribution in [3.05, 3.63) is 11.6 Å². The molecule has 1 aliphatic carbocycles. The first-order valence-corrected chi connectivity index (χ1v) is 6.64. The Balaban J connectivity index is 2.41. The van der Waals surface area contributed by atoms with E-state index in [-0.39, 0.29) is 11.5 Å². The van der Waals surface area contributed by atoms with Gasteiger partial charge in [-0.2, -0.15) is 9.97 Å². The molecule has 0 bridgehead atoms. The molecule has 1 heterocycles. The molecule has 18 heavy (non-hydrogen) atoms. The van der Waals surface area contributed by atoms with E-state index in [1.807, 2.05) is 0 Å². The number of hydrogen-bond acceptors (Lipinski definition) is 5. The lowest BCUT2D eigenvalue weighted by atomic mass is 9.84. The predicted octanol–water partition coefficient (Wildman–Crippen LogP) is 2.38. The number of methoxy groups -OCH3 is 1. The molecule has 2 rings (SSSR count). The van der Waals surface area contributed by atoms with Crippen LogP contribution in [-0.2, 0) is 10.3 Å². The van der Waals surface area contributed by atoms with Crippen LogP contribution in [0.4, 0.5) is 5.95 Å². The fourth-order valence-electron chi connectivity index (χ4n) is 2.51. The van der Waals surface area contributed by atoms with Crippen LogP contribution >= 0.6 is 0 Å². The van der Waals surface area contributed by atoms with Crippen molar-refractivity contribution in [2.75, 3.05) is 12.8 Å². The Labute approximate surface area is 108 Å². The molecular weight excluding hydrogens is 228 g/mol. The van der Waals surface area contributed by atoms with Crippen molar-refractivity contribution in [2.45, 2.75) is 57.5 Å². The summed E-state index contributed by atoms with van der Waals surface area (Å²) < 4.78 is 5.75. The first-order valence-electron chi connectivity index (χ1n) is 6.64. The first kappa shape index (κ1) is 13.2. The van der Waals surface area contributed by atoms with E-state index in [0.717, 1.165) is 31.5 Å². The average molecular weight is 250 g/mol. The van der Waals surface area contributed by atoms with Gasteiger partial charge in [0, 0.05) is 13.0 Å². The summed E-state index contributed by atoms with van der Waals surface area (Å²) in [6.07, 6.45) is 5.48. The number of hydrogen-bond donors (Lipinski definition) is 1. The molecule has 1 saturated carbocycles. The average Bonchev–Trinajstić information content (AvgIpc) is 2.38. The van der Waals surface area contributed by atoms with E-state index < -0.39 is 0 Å². The minimum atomic E-state index is -0.362. The lowest BCUT2D eigenvalue weighted by molar-refractivity contribution is -0.0517. The maximum absolute atomic E-state index is 5.80. The van der Waals surface area contributed by atoms with Gasteiger partial charge in [-0.1, -0.05) is 33.1 Å². The van der Waals surface area contributed by atoms with Crippen molar-refractivity contribution in [2.24, 2.45) is 0 Å². The summed E-state index contributed by atoms with van der Waals surface area (Å²) in [4.78, 5) is 13.1. The lowest BCUT2D eigenvalue weighted by Crippen LogP contribution is -2.34. The van der Waals surface area contributed by atoms with Crippen molar-refractivity contribution in [1.29, 1.82) is 0 Å². The van der Waals surface area contributed by atoms with Crippen LogP contribution in [0.3, 0.4) is 0 Å². The highest BCUT2D eigenvalue weighted by molar-refractivity contribution is 5.20. The first-order chi connectivity index (χ1) is 8.57. The van der Waals surface area contributed by atoms with E-state index in [2.05, 4.69) is 28.8 Å². The van der Waals surface area contributed by atoms with Gasteiger partial charge >= 0.3 is 0 Å². The van der Waals surface area contributed by atoms with Crippen LogP contribution in [0.5, 0.6) is 0 Å². The monoisotopic (exact) mass is 250 g/mol. The largest absolute Gasteiger partial charge is 0.370 e. The Morgan fingerprint density at radius 2 is 1.78 bits per heavy atom. The third-order valence-corrected chi connectivity index (χ3v) is 3.65. The predicted molar refractivity (Wildman–Crippen MR) is 70.1 cm³/mol. The molecule has 0 atom stereocenters. The summed E-state index contributed by atoms with van der Waals surface area (Å²) in [6, 6.07) is 0. The van der Waals surface area contributed by atoms with Crippen LogP contribution < -0.4 is 5.73 Å². The molecule has 0 radical (unpaired) electrons. The van der Waals surface area contributed by atoms with Crippen LogP contribution in [-0.4, -0.2) is 22.1 Å². The number of rotatable bonds is 3. The van der Waals surface area contributed by atoms with E-state index in [1.54, 1.807) is 7.11 Å². The number of nitrogen functional groups attached to an aromatic ring is 1. The second kappa shape index (κ2) is 5.18. The second-order valence-electron chi connectivity index (χ2n) is 5.29. The zero-order chi connectivity index (χ0) is 13.2. The molecule has 0 amide bonds. The van der Waals surface area contributed by atoms with Gasteiger partial charge in [-0.05, 0) is 12.8 Å². The third-order valence-electron chi connectivity index (χ3n) is 3.65. The second-order valence-corrected chi connectivity index (χ2v) is 5.29. The van der Waals surface area contributed by atoms with E-state index >= 15 is 0 Å². The fraction of sp³-hybridized carbons (Fsp3) is 0.769. The smallest absolute Gasteiger partial charge is 0.223 e. The van der Waals surface area contributed by atoms with Crippen molar-refractivity contribution < 1.29 is 4.74 Å². The zero-order valence-electron chi connectivity index (χ0n) is 11.4. The van der Waals surface area contributed by atoms with Gasteiger partial charge in [0.05, 0.1) is 0 Å². The van der Waals surface area contributed by atoms with Gasteiger partial charge in [-0.3, -0.25) is 0 Å². The molecule has 5 nitrogen and oxygen atoms in total. The molecule has 100 valence electrons. The summed E-state index contributed by atoms with van der Waals surface area (Å²) in [6.45, 7) is 4.11. The van der Waals surface area contributed by atoms with Crippen LogP contribution in [0.25, 0.3) is 0 Å². The number of nitrogens with zero attached hydrogens (tertiary/aromatic N) is 3. The standard InChI is InChI=1S/C13H22N4O/c1-9(2)10-15-11(17-12(14)16-10)13(18-3)7-5-4-6-8-13/h9H,4-8H2,1-3H3,(H2,14,15,16,17). The summed E-state index contributed by atoms with van der Waals surface area (Å²) in [5, 5.41) is 0. The van der Waals surface area contributed by atoms with Gasteiger partial charge in [0.15, 0.2) is 5.82 Å². The number of aromatic nitrogens is 3.